The van der Waals surface area contributed by atoms with Crippen LogP contribution in [0.15, 0.2) is 0 Å². The number of alkyl halides is 1. The molecule has 0 amide bonds. The second-order valence-corrected chi connectivity index (χ2v) is 2.74. The molecule has 68 valence electrons. The summed E-state index contributed by atoms with van der Waals surface area (Å²) in [5, 5.41) is 0. The Hall–Kier alpha value is -0.150. The summed E-state index contributed by atoms with van der Waals surface area (Å²) < 4.78 is 14.7. The number of nitrogens with zero attached hydrogens (tertiary/aromatic N) is 1. The fraction of sp³-hybridized carbons (Fsp3) is 1.00. The average Bonchev–Trinajstić information content (AvgIpc) is 2.10. The van der Waals surface area contributed by atoms with Gasteiger partial charge in [0.2, 0.25) is 0 Å². The quantitative estimate of drug-likeness (QED) is 0.578. The van der Waals surface area contributed by atoms with E-state index in [1.165, 1.54) is 0 Å². The van der Waals surface area contributed by atoms with Crippen molar-refractivity contribution in [2.45, 2.75) is 19.9 Å². The topological polar surface area (TPSA) is 12.5 Å². The van der Waals surface area contributed by atoms with E-state index in [1.54, 1.807) is 0 Å². The first-order valence-electron chi connectivity index (χ1n) is 4.00. The predicted octanol–water partition coefficient (Wildman–Crippen LogP) is 1.31. The van der Waals surface area contributed by atoms with Crippen molar-refractivity contribution in [1.29, 1.82) is 0 Å². The van der Waals surface area contributed by atoms with E-state index >= 15 is 0 Å². The number of ether oxygens (including phenoxy) is 1. The zero-order chi connectivity index (χ0) is 8.69. The summed E-state index contributed by atoms with van der Waals surface area (Å²) in [6, 6.07) is 0.689. The molecule has 0 unspecified atom stereocenters. The third-order valence-electron chi connectivity index (χ3n) is 1.78. The summed E-state index contributed by atoms with van der Waals surface area (Å²) in [5.41, 5.74) is 0. The summed E-state index contributed by atoms with van der Waals surface area (Å²) in [6.07, 6.45) is 0. The molecule has 0 bridgehead atoms. The fourth-order valence-electron chi connectivity index (χ4n) is 1.09. The molecule has 1 aliphatic heterocycles. The van der Waals surface area contributed by atoms with Crippen LogP contribution < -0.4 is 0 Å². The van der Waals surface area contributed by atoms with Gasteiger partial charge in [-0.15, -0.1) is 0 Å². The lowest BCUT2D eigenvalue weighted by atomic mass is 10.3. The molecule has 0 saturated carbocycles. The molecule has 1 rings (SSSR count). The Morgan fingerprint density at radius 2 is 1.64 bits per heavy atom. The van der Waals surface area contributed by atoms with Crippen molar-refractivity contribution in [3.63, 3.8) is 0 Å². The third kappa shape index (κ3) is 4.32. The second-order valence-electron chi connectivity index (χ2n) is 2.74. The highest BCUT2D eigenvalue weighted by atomic mass is 19.1. The van der Waals surface area contributed by atoms with Crippen molar-refractivity contribution in [2.75, 3.05) is 33.5 Å². The number of rotatable bonds is 1. The molecule has 0 aromatic heterocycles. The summed E-state index contributed by atoms with van der Waals surface area (Å²) >= 11 is 0. The SMILES string of the molecule is CC(C)N1CCOCC1.CF. The number of hydrogen-bond donors (Lipinski definition) is 0. The van der Waals surface area contributed by atoms with Crippen LogP contribution in [0.3, 0.4) is 0 Å². The highest BCUT2D eigenvalue weighted by Crippen LogP contribution is 2.01. The summed E-state index contributed by atoms with van der Waals surface area (Å²) in [6.45, 7) is 8.50. The van der Waals surface area contributed by atoms with Crippen LogP contribution in [0, 0.1) is 0 Å². The lowest BCUT2D eigenvalue weighted by molar-refractivity contribution is 0.0238. The van der Waals surface area contributed by atoms with Crippen molar-refractivity contribution in [3.05, 3.63) is 0 Å². The van der Waals surface area contributed by atoms with E-state index in [-0.39, 0.29) is 0 Å². The predicted molar refractivity (Wildman–Crippen MR) is 44.6 cm³/mol. The second kappa shape index (κ2) is 6.55. The summed E-state index contributed by atoms with van der Waals surface area (Å²) in [4.78, 5) is 2.43. The van der Waals surface area contributed by atoms with Crippen LogP contribution in [0.1, 0.15) is 13.8 Å². The first kappa shape index (κ1) is 10.8. The van der Waals surface area contributed by atoms with Crippen molar-refractivity contribution < 1.29 is 9.13 Å². The van der Waals surface area contributed by atoms with Gasteiger partial charge in [0.15, 0.2) is 0 Å². The van der Waals surface area contributed by atoms with Crippen molar-refractivity contribution >= 4 is 0 Å². The third-order valence-corrected chi connectivity index (χ3v) is 1.78. The molecule has 2 nitrogen and oxygen atoms in total. The molecule has 0 aromatic carbocycles. The molecule has 3 heteroatoms. The van der Waals surface area contributed by atoms with Gasteiger partial charge in [-0.05, 0) is 13.8 Å². The molecule has 0 N–H and O–H groups in total. The molecule has 0 spiro atoms. The maximum absolute atomic E-state index is 9.50. The number of halogens is 1. The molecule has 1 fully saturated rings. The van der Waals surface area contributed by atoms with Gasteiger partial charge in [-0.3, -0.25) is 9.29 Å². The maximum atomic E-state index is 9.50. The highest BCUT2D eigenvalue weighted by molar-refractivity contribution is 4.64. The highest BCUT2D eigenvalue weighted by Gasteiger charge is 2.11. The van der Waals surface area contributed by atoms with E-state index in [0.717, 1.165) is 26.3 Å². The Balaban J connectivity index is 0.000000461. The van der Waals surface area contributed by atoms with E-state index < -0.39 is 0 Å². The molecule has 11 heavy (non-hydrogen) atoms. The molecular weight excluding hydrogens is 145 g/mol. The number of hydrogen-bond acceptors (Lipinski definition) is 2. The minimum atomic E-state index is 0.500. The Labute approximate surface area is 68.3 Å². The van der Waals surface area contributed by atoms with Crippen LogP contribution in [0.2, 0.25) is 0 Å². The van der Waals surface area contributed by atoms with Gasteiger partial charge in [0.05, 0.1) is 20.4 Å². The van der Waals surface area contributed by atoms with Gasteiger partial charge in [0.1, 0.15) is 0 Å². The fourth-order valence-corrected chi connectivity index (χ4v) is 1.09. The molecule has 0 atom stereocenters. The van der Waals surface area contributed by atoms with Gasteiger partial charge in [-0.2, -0.15) is 0 Å². The molecule has 0 aromatic rings. The lowest BCUT2D eigenvalue weighted by Crippen LogP contribution is -2.40. The van der Waals surface area contributed by atoms with Gasteiger partial charge in [0.25, 0.3) is 0 Å². The van der Waals surface area contributed by atoms with Crippen LogP contribution in [0.4, 0.5) is 4.39 Å². The molecule has 0 aliphatic carbocycles. The van der Waals surface area contributed by atoms with Crippen LogP contribution in [0.5, 0.6) is 0 Å². The normalized spacial score (nSPS) is 19.4. The van der Waals surface area contributed by atoms with Gasteiger partial charge in [-0.1, -0.05) is 0 Å². The summed E-state index contributed by atoms with van der Waals surface area (Å²) in [7, 11) is 0.500. The van der Waals surface area contributed by atoms with E-state index in [9.17, 15) is 4.39 Å². The monoisotopic (exact) mass is 163 g/mol. The zero-order valence-corrected chi connectivity index (χ0v) is 7.64. The number of morpholine rings is 1. The standard InChI is InChI=1S/C7H15NO.CH3F/c1-7(2)8-3-5-9-6-4-8;1-2/h7H,3-6H2,1-2H3;1H3. The molecular formula is C8H18FNO. The van der Waals surface area contributed by atoms with Gasteiger partial charge < -0.3 is 4.74 Å². The van der Waals surface area contributed by atoms with E-state index in [4.69, 9.17) is 4.74 Å². The van der Waals surface area contributed by atoms with E-state index in [2.05, 4.69) is 18.7 Å². The minimum Gasteiger partial charge on any atom is -0.379 e. The largest absolute Gasteiger partial charge is 0.379 e. The molecule has 0 radical (unpaired) electrons. The average molecular weight is 163 g/mol. The van der Waals surface area contributed by atoms with Gasteiger partial charge in [0, 0.05) is 19.1 Å². The molecule has 1 saturated heterocycles. The smallest absolute Gasteiger partial charge is 0.0785 e. The Bertz CT molecular complexity index is 82.2. The van der Waals surface area contributed by atoms with Crippen LogP contribution in [-0.4, -0.2) is 44.4 Å². The first-order chi connectivity index (χ1) is 5.30. The molecule has 1 aliphatic rings. The van der Waals surface area contributed by atoms with E-state index in [0.29, 0.717) is 13.2 Å². The molecule has 1 heterocycles. The van der Waals surface area contributed by atoms with Crippen LogP contribution in [-0.2, 0) is 4.74 Å². The van der Waals surface area contributed by atoms with Crippen LogP contribution in [0.25, 0.3) is 0 Å². The lowest BCUT2D eigenvalue weighted by Gasteiger charge is -2.29. The Morgan fingerprint density at radius 1 is 1.18 bits per heavy atom. The minimum absolute atomic E-state index is 0.500. The maximum Gasteiger partial charge on any atom is 0.0785 e. The van der Waals surface area contributed by atoms with E-state index in [1.807, 2.05) is 0 Å². The van der Waals surface area contributed by atoms with Gasteiger partial charge in [-0.25, -0.2) is 0 Å². The zero-order valence-electron chi connectivity index (χ0n) is 7.64. The van der Waals surface area contributed by atoms with Crippen molar-refractivity contribution in [2.24, 2.45) is 0 Å². The summed E-state index contributed by atoms with van der Waals surface area (Å²) in [5.74, 6) is 0. The van der Waals surface area contributed by atoms with Crippen molar-refractivity contribution in [1.82, 2.24) is 4.90 Å². The van der Waals surface area contributed by atoms with Gasteiger partial charge >= 0.3 is 0 Å². The Kier molecular flexibility index (Phi) is 6.46. The van der Waals surface area contributed by atoms with Crippen LogP contribution >= 0.6 is 0 Å². The Morgan fingerprint density at radius 3 is 1.91 bits per heavy atom. The van der Waals surface area contributed by atoms with Crippen molar-refractivity contribution in [3.8, 4) is 0 Å². The first-order valence-corrected chi connectivity index (χ1v) is 4.00.